The second kappa shape index (κ2) is 7.31. The van der Waals surface area contributed by atoms with E-state index in [4.69, 9.17) is 0 Å². The van der Waals surface area contributed by atoms with E-state index in [2.05, 4.69) is 5.32 Å². The Morgan fingerprint density at radius 2 is 1.82 bits per heavy atom. The van der Waals surface area contributed by atoms with E-state index in [-0.39, 0.29) is 29.4 Å². The summed E-state index contributed by atoms with van der Waals surface area (Å²) in [6.07, 6.45) is 0. The molecule has 0 radical (unpaired) electrons. The van der Waals surface area contributed by atoms with Crippen LogP contribution in [0.2, 0.25) is 0 Å². The number of halogens is 1. The van der Waals surface area contributed by atoms with Crippen molar-refractivity contribution in [3.05, 3.63) is 83.2 Å². The molecule has 8 heteroatoms. The minimum Gasteiger partial charge on any atom is -0.508 e. The van der Waals surface area contributed by atoms with Gasteiger partial charge in [0.15, 0.2) is 17.3 Å². The van der Waals surface area contributed by atoms with Gasteiger partial charge in [0.25, 0.3) is 0 Å². The number of amides is 1. The van der Waals surface area contributed by atoms with Gasteiger partial charge in [-0.15, -0.1) is 0 Å². The summed E-state index contributed by atoms with van der Waals surface area (Å²) in [6, 6.07) is 14.6. The van der Waals surface area contributed by atoms with E-state index >= 15 is 0 Å². The van der Waals surface area contributed by atoms with Crippen LogP contribution in [0, 0.1) is 11.7 Å². The Bertz CT molecular complexity index is 1310. The van der Waals surface area contributed by atoms with Crippen LogP contribution in [0.5, 0.6) is 17.2 Å². The number of anilines is 1. The van der Waals surface area contributed by atoms with Gasteiger partial charge in [0, 0.05) is 29.8 Å². The number of rotatable bonds is 3. The van der Waals surface area contributed by atoms with Gasteiger partial charge in [-0.25, -0.2) is 4.39 Å². The number of hydrogen-bond donors (Lipinski definition) is 4. The van der Waals surface area contributed by atoms with Gasteiger partial charge in [-0.3, -0.25) is 14.5 Å². The van der Waals surface area contributed by atoms with Crippen molar-refractivity contribution in [2.45, 2.75) is 11.5 Å². The Morgan fingerprint density at radius 1 is 1.06 bits per heavy atom. The van der Waals surface area contributed by atoms with Crippen molar-refractivity contribution in [3.8, 4) is 17.2 Å². The second-order valence-corrected chi connectivity index (χ2v) is 8.51. The molecule has 2 aliphatic heterocycles. The molecule has 2 heterocycles. The van der Waals surface area contributed by atoms with E-state index in [1.54, 1.807) is 42.3 Å². The molecule has 4 N–H and O–H groups in total. The van der Waals surface area contributed by atoms with Crippen LogP contribution in [-0.2, 0) is 10.3 Å². The van der Waals surface area contributed by atoms with Crippen molar-refractivity contribution >= 4 is 17.4 Å². The zero-order valence-electron chi connectivity index (χ0n) is 17.6. The Balaban J connectivity index is 1.74. The minimum absolute atomic E-state index is 0.238. The summed E-state index contributed by atoms with van der Waals surface area (Å²) in [5, 5.41) is 32.3. The highest BCUT2D eigenvalue weighted by Gasteiger charge is 2.64. The zero-order chi connectivity index (χ0) is 23.5. The topological polar surface area (TPSA) is 110 Å². The molecule has 1 fully saturated rings. The molecule has 3 unspecified atom stereocenters. The van der Waals surface area contributed by atoms with E-state index in [0.29, 0.717) is 16.8 Å². The number of aromatic hydroxyl groups is 3. The molecule has 1 saturated heterocycles. The molecule has 168 valence electrons. The number of benzene rings is 3. The molecular formula is C25H21FN2O5. The molecule has 5 rings (SSSR count). The number of fused-ring (bicyclic) bond motifs is 2. The van der Waals surface area contributed by atoms with Crippen molar-refractivity contribution in [1.82, 2.24) is 4.90 Å². The van der Waals surface area contributed by atoms with Crippen molar-refractivity contribution < 1.29 is 29.3 Å². The first-order valence-corrected chi connectivity index (χ1v) is 10.4. The standard InChI is InChI=1S/C25H21FN2O5/c1-28-12-16(13-6-9-20(30)21(31)10-13)22(23(32)15-8-7-14(29)11-18(15)26)25(28)17-4-2-3-5-19(17)27-24(25)33/h2-11,16,22,29-31H,12H2,1H3,(H,27,33). The summed E-state index contributed by atoms with van der Waals surface area (Å²) in [6.45, 7) is 0.266. The molecule has 3 aromatic carbocycles. The van der Waals surface area contributed by atoms with Crippen LogP contribution in [0.3, 0.4) is 0 Å². The molecule has 1 spiro atoms. The third-order valence-corrected chi connectivity index (χ3v) is 6.79. The second-order valence-electron chi connectivity index (χ2n) is 8.51. The van der Waals surface area contributed by atoms with Gasteiger partial charge in [-0.1, -0.05) is 24.3 Å². The van der Waals surface area contributed by atoms with Gasteiger partial charge in [0.1, 0.15) is 17.1 Å². The number of Topliss-reactive ketones (excluding diaryl/α,β-unsaturated/α-hetero) is 1. The Hall–Kier alpha value is -3.91. The molecule has 33 heavy (non-hydrogen) atoms. The van der Waals surface area contributed by atoms with E-state index in [0.717, 1.165) is 6.07 Å². The lowest BCUT2D eigenvalue weighted by atomic mass is 9.70. The van der Waals surface area contributed by atoms with Crippen molar-refractivity contribution in [2.75, 3.05) is 18.9 Å². The number of nitrogens with zero attached hydrogens (tertiary/aromatic N) is 1. The highest BCUT2D eigenvalue weighted by atomic mass is 19.1. The molecule has 0 saturated carbocycles. The van der Waals surface area contributed by atoms with Gasteiger partial charge in [0.2, 0.25) is 5.91 Å². The summed E-state index contributed by atoms with van der Waals surface area (Å²) in [7, 11) is 1.73. The summed E-state index contributed by atoms with van der Waals surface area (Å²) in [4.78, 5) is 29.2. The lowest BCUT2D eigenvalue weighted by molar-refractivity contribution is -0.126. The third kappa shape index (κ3) is 2.91. The van der Waals surface area contributed by atoms with Crippen molar-refractivity contribution in [1.29, 1.82) is 0 Å². The molecule has 7 nitrogen and oxygen atoms in total. The van der Waals surface area contributed by atoms with Crippen LogP contribution < -0.4 is 5.32 Å². The average molecular weight is 448 g/mol. The first-order chi connectivity index (χ1) is 15.7. The first kappa shape index (κ1) is 21.0. The van der Waals surface area contributed by atoms with Crippen LogP contribution in [0.15, 0.2) is 60.7 Å². The van der Waals surface area contributed by atoms with E-state index in [1.807, 2.05) is 0 Å². The number of phenols is 3. The predicted octanol–water partition coefficient (Wildman–Crippen LogP) is 3.32. The summed E-state index contributed by atoms with van der Waals surface area (Å²) < 4.78 is 14.8. The summed E-state index contributed by atoms with van der Waals surface area (Å²) in [5.74, 6) is -4.50. The SMILES string of the molecule is CN1CC(c2ccc(O)c(O)c2)C(C(=O)c2ccc(O)cc2F)C12C(=O)Nc1ccccc12. The maximum Gasteiger partial charge on any atom is 0.250 e. The third-order valence-electron chi connectivity index (χ3n) is 6.79. The fraction of sp³-hybridized carbons (Fsp3) is 0.200. The maximum atomic E-state index is 14.8. The van der Waals surface area contributed by atoms with Crippen LogP contribution in [0.25, 0.3) is 0 Å². The van der Waals surface area contributed by atoms with Gasteiger partial charge in [0.05, 0.1) is 11.5 Å². The molecule has 0 bridgehead atoms. The molecule has 0 aliphatic carbocycles. The minimum atomic E-state index is -1.41. The molecular weight excluding hydrogens is 427 g/mol. The number of para-hydroxylation sites is 1. The van der Waals surface area contributed by atoms with Crippen molar-refractivity contribution in [2.24, 2.45) is 5.92 Å². The fourth-order valence-electron chi connectivity index (χ4n) is 5.34. The Labute approximate surface area is 188 Å². The lowest BCUT2D eigenvalue weighted by Crippen LogP contribution is -2.51. The van der Waals surface area contributed by atoms with Gasteiger partial charge in [-0.2, -0.15) is 0 Å². The number of ketones is 1. The number of likely N-dealkylation sites (N-methyl/N-ethyl adjacent to an activating group) is 1. The van der Waals surface area contributed by atoms with E-state index in [9.17, 15) is 29.3 Å². The zero-order valence-corrected chi connectivity index (χ0v) is 17.6. The largest absolute Gasteiger partial charge is 0.508 e. The Kier molecular flexibility index (Phi) is 4.65. The normalized spacial score (nSPS) is 24.1. The van der Waals surface area contributed by atoms with E-state index in [1.165, 1.54) is 24.3 Å². The first-order valence-electron chi connectivity index (χ1n) is 10.4. The Morgan fingerprint density at radius 3 is 2.55 bits per heavy atom. The number of hydrogen-bond acceptors (Lipinski definition) is 6. The predicted molar refractivity (Wildman–Crippen MR) is 118 cm³/mol. The quantitative estimate of drug-likeness (QED) is 0.362. The van der Waals surface area contributed by atoms with Crippen LogP contribution in [0.4, 0.5) is 10.1 Å². The van der Waals surface area contributed by atoms with Gasteiger partial charge in [-0.05, 0) is 42.9 Å². The maximum absolute atomic E-state index is 14.8. The van der Waals surface area contributed by atoms with E-state index < -0.39 is 34.9 Å². The van der Waals surface area contributed by atoms with Gasteiger partial charge >= 0.3 is 0 Å². The number of carbonyl (C=O) groups is 2. The number of carbonyl (C=O) groups excluding carboxylic acids is 2. The smallest absolute Gasteiger partial charge is 0.250 e. The van der Waals surface area contributed by atoms with Crippen LogP contribution >= 0.6 is 0 Å². The average Bonchev–Trinajstić information content (AvgIpc) is 3.25. The monoisotopic (exact) mass is 448 g/mol. The highest BCUT2D eigenvalue weighted by Crippen LogP contribution is 2.56. The molecule has 1 amide bonds. The molecule has 0 aromatic heterocycles. The van der Waals surface area contributed by atoms with Crippen molar-refractivity contribution in [3.63, 3.8) is 0 Å². The fourth-order valence-corrected chi connectivity index (χ4v) is 5.34. The molecule has 3 aromatic rings. The molecule has 2 aliphatic rings. The van der Waals surface area contributed by atoms with Crippen LogP contribution in [0.1, 0.15) is 27.4 Å². The van der Waals surface area contributed by atoms with Crippen LogP contribution in [-0.4, -0.2) is 45.5 Å². The number of nitrogens with one attached hydrogen (secondary N) is 1. The van der Waals surface area contributed by atoms with Gasteiger partial charge < -0.3 is 20.6 Å². The summed E-state index contributed by atoms with van der Waals surface area (Å²) in [5.41, 5.74) is 0.0744. The number of phenolic OH excluding ortho intramolecular Hbond substituents is 3. The molecule has 3 atom stereocenters. The summed E-state index contributed by atoms with van der Waals surface area (Å²) >= 11 is 0. The number of likely N-dealkylation sites (tertiary alicyclic amines) is 1. The highest BCUT2D eigenvalue weighted by molar-refractivity contribution is 6.12. The lowest BCUT2D eigenvalue weighted by Gasteiger charge is -2.35.